The van der Waals surface area contributed by atoms with Crippen LogP contribution >= 0.6 is 24.0 Å². The number of hydrogen-bond acceptors (Lipinski definition) is 3. The van der Waals surface area contributed by atoms with Crippen molar-refractivity contribution in [3.63, 3.8) is 0 Å². The number of nitrogens with one attached hydrogen (secondary N) is 2. The summed E-state index contributed by atoms with van der Waals surface area (Å²) in [5, 5.41) is 6.27. The largest absolute Gasteiger partial charge is 0.511 e. The van der Waals surface area contributed by atoms with Crippen molar-refractivity contribution < 1.29 is 21.6 Å². The van der Waals surface area contributed by atoms with Crippen LogP contribution in [0.4, 0.5) is 13.2 Å². The third-order valence-electron chi connectivity index (χ3n) is 3.72. The molecule has 1 aliphatic heterocycles. The van der Waals surface area contributed by atoms with Gasteiger partial charge in [0.15, 0.2) is 5.96 Å². The number of hydrogen-bond donors (Lipinski definition) is 2. The SMILES string of the molecule is CCCCCNC(=NC)NC1CCN(S(=O)(=O)C(F)(F)F)CC1.I. The Morgan fingerprint density at radius 2 is 1.83 bits per heavy atom. The predicted octanol–water partition coefficient (Wildman–Crippen LogP) is 2.27. The second-order valence-corrected chi connectivity index (χ2v) is 7.40. The average Bonchev–Trinajstić information content (AvgIpc) is 2.49. The summed E-state index contributed by atoms with van der Waals surface area (Å²) in [7, 11) is -3.59. The lowest BCUT2D eigenvalue weighted by molar-refractivity contribution is -0.0494. The molecular formula is C13H26F3IN4O2S. The first-order chi connectivity index (χ1) is 10.7. The summed E-state index contributed by atoms with van der Waals surface area (Å²) in [6.45, 7) is 2.59. The van der Waals surface area contributed by atoms with E-state index in [1.54, 1.807) is 7.05 Å². The molecule has 2 N–H and O–H groups in total. The molecule has 0 unspecified atom stereocenters. The Balaban J connectivity index is 0.00000529. The van der Waals surface area contributed by atoms with Gasteiger partial charge < -0.3 is 10.6 Å². The average molecular weight is 486 g/mol. The second kappa shape index (κ2) is 10.6. The van der Waals surface area contributed by atoms with Crippen LogP contribution in [0, 0.1) is 0 Å². The third kappa shape index (κ3) is 6.90. The molecule has 11 heteroatoms. The van der Waals surface area contributed by atoms with Gasteiger partial charge in [0.1, 0.15) is 0 Å². The van der Waals surface area contributed by atoms with Gasteiger partial charge in [-0.1, -0.05) is 19.8 Å². The molecule has 0 atom stereocenters. The minimum absolute atomic E-state index is 0. The van der Waals surface area contributed by atoms with Crippen molar-refractivity contribution in [2.24, 2.45) is 4.99 Å². The molecule has 0 aromatic heterocycles. The highest BCUT2D eigenvalue weighted by Gasteiger charge is 2.50. The maximum absolute atomic E-state index is 12.5. The van der Waals surface area contributed by atoms with E-state index in [4.69, 9.17) is 0 Å². The number of nitrogens with zero attached hydrogens (tertiary/aromatic N) is 2. The monoisotopic (exact) mass is 486 g/mol. The molecule has 6 nitrogen and oxygen atoms in total. The van der Waals surface area contributed by atoms with Gasteiger partial charge in [0.05, 0.1) is 0 Å². The van der Waals surface area contributed by atoms with Gasteiger partial charge >= 0.3 is 15.5 Å². The van der Waals surface area contributed by atoms with Crippen molar-refractivity contribution in [2.75, 3.05) is 26.7 Å². The molecule has 0 bridgehead atoms. The summed E-state index contributed by atoms with van der Waals surface area (Å²) in [6, 6.07) is -0.0907. The number of piperidine rings is 1. The lowest BCUT2D eigenvalue weighted by atomic mass is 10.1. The molecule has 1 aliphatic rings. The first-order valence-electron chi connectivity index (χ1n) is 7.76. The molecule has 24 heavy (non-hydrogen) atoms. The van der Waals surface area contributed by atoms with Gasteiger partial charge in [-0.15, -0.1) is 24.0 Å². The van der Waals surface area contributed by atoms with E-state index < -0.39 is 15.5 Å². The molecule has 144 valence electrons. The van der Waals surface area contributed by atoms with E-state index in [-0.39, 0.29) is 43.1 Å². The Morgan fingerprint density at radius 3 is 2.29 bits per heavy atom. The van der Waals surface area contributed by atoms with Gasteiger partial charge in [-0.05, 0) is 19.3 Å². The van der Waals surface area contributed by atoms with Crippen molar-refractivity contribution >= 4 is 40.0 Å². The van der Waals surface area contributed by atoms with Gasteiger partial charge in [-0.3, -0.25) is 4.99 Å². The summed E-state index contributed by atoms with van der Waals surface area (Å²) < 4.78 is 60.7. The lowest BCUT2D eigenvalue weighted by Crippen LogP contribution is -2.51. The molecular weight excluding hydrogens is 460 g/mol. The fourth-order valence-electron chi connectivity index (χ4n) is 2.36. The minimum Gasteiger partial charge on any atom is -0.356 e. The number of unbranched alkanes of at least 4 members (excludes halogenated alkanes) is 2. The Labute approximate surface area is 158 Å². The van der Waals surface area contributed by atoms with Crippen LogP contribution in [-0.4, -0.2) is 56.9 Å². The molecule has 0 saturated carbocycles. The van der Waals surface area contributed by atoms with Crippen LogP contribution in [0.15, 0.2) is 4.99 Å². The zero-order valence-corrected chi connectivity index (χ0v) is 17.0. The smallest absolute Gasteiger partial charge is 0.356 e. The highest BCUT2D eigenvalue weighted by molar-refractivity contribution is 14.0. The summed E-state index contributed by atoms with van der Waals surface area (Å²) in [5.74, 6) is 0.596. The molecule has 0 amide bonds. The van der Waals surface area contributed by atoms with Gasteiger partial charge in [0.25, 0.3) is 0 Å². The molecule has 0 aromatic carbocycles. The Bertz CT molecular complexity index is 492. The second-order valence-electron chi connectivity index (χ2n) is 5.47. The lowest BCUT2D eigenvalue weighted by Gasteiger charge is -2.32. The van der Waals surface area contributed by atoms with Crippen molar-refractivity contribution in [1.29, 1.82) is 0 Å². The zero-order valence-electron chi connectivity index (χ0n) is 13.9. The number of halogens is 4. The fraction of sp³-hybridized carbons (Fsp3) is 0.923. The van der Waals surface area contributed by atoms with Crippen LogP contribution in [0.5, 0.6) is 0 Å². The van der Waals surface area contributed by atoms with Crippen LogP contribution < -0.4 is 10.6 Å². The first kappa shape index (κ1) is 23.7. The highest BCUT2D eigenvalue weighted by atomic mass is 127. The van der Waals surface area contributed by atoms with Gasteiger partial charge in [0.2, 0.25) is 0 Å². The van der Waals surface area contributed by atoms with Crippen molar-refractivity contribution in [3.05, 3.63) is 0 Å². The van der Waals surface area contributed by atoms with Crippen LogP contribution in [0.25, 0.3) is 0 Å². The van der Waals surface area contributed by atoms with Gasteiger partial charge in [-0.2, -0.15) is 17.5 Å². The molecule has 0 aromatic rings. The van der Waals surface area contributed by atoms with Gasteiger partial charge in [0, 0.05) is 32.7 Å². The maximum Gasteiger partial charge on any atom is 0.511 e. The van der Waals surface area contributed by atoms with Crippen molar-refractivity contribution in [2.45, 2.75) is 50.6 Å². The zero-order chi connectivity index (χ0) is 17.5. The summed E-state index contributed by atoms with van der Waals surface area (Å²) in [6.07, 6.45) is 3.85. The molecule has 0 radical (unpaired) electrons. The van der Waals surface area contributed by atoms with E-state index in [2.05, 4.69) is 22.5 Å². The highest BCUT2D eigenvalue weighted by Crippen LogP contribution is 2.28. The normalized spacial score (nSPS) is 18.1. The Hall–Kier alpha value is -0.300. The molecule has 0 spiro atoms. The third-order valence-corrected chi connectivity index (χ3v) is 5.35. The molecule has 1 fully saturated rings. The fourth-order valence-corrected chi connectivity index (χ4v) is 3.34. The van der Waals surface area contributed by atoms with E-state index in [9.17, 15) is 21.6 Å². The Morgan fingerprint density at radius 1 is 1.25 bits per heavy atom. The van der Waals surface area contributed by atoms with E-state index in [1.165, 1.54) is 0 Å². The van der Waals surface area contributed by atoms with E-state index in [0.29, 0.717) is 23.1 Å². The van der Waals surface area contributed by atoms with E-state index in [0.717, 1.165) is 25.8 Å². The Kier molecular flexibility index (Phi) is 10.5. The van der Waals surface area contributed by atoms with Crippen LogP contribution in [0.2, 0.25) is 0 Å². The number of alkyl halides is 3. The van der Waals surface area contributed by atoms with E-state index in [1.807, 2.05) is 0 Å². The van der Waals surface area contributed by atoms with Crippen LogP contribution in [0.3, 0.4) is 0 Å². The number of rotatable bonds is 6. The van der Waals surface area contributed by atoms with Crippen LogP contribution in [-0.2, 0) is 10.0 Å². The minimum atomic E-state index is -5.23. The van der Waals surface area contributed by atoms with Crippen molar-refractivity contribution in [3.8, 4) is 0 Å². The summed E-state index contributed by atoms with van der Waals surface area (Å²) in [5.41, 5.74) is -5.23. The molecule has 1 heterocycles. The van der Waals surface area contributed by atoms with Crippen molar-refractivity contribution in [1.82, 2.24) is 14.9 Å². The number of guanidine groups is 1. The predicted molar refractivity (Wildman–Crippen MR) is 99.0 cm³/mol. The molecule has 1 rings (SSSR count). The standard InChI is InChI=1S/C13H25F3N4O2S.HI/c1-3-4-5-8-18-12(17-2)19-11-6-9-20(10-7-11)23(21,22)13(14,15)16;/h11H,3-10H2,1-2H3,(H2,17,18,19);1H. The van der Waals surface area contributed by atoms with Gasteiger partial charge in [-0.25, -0.2) is 8.42 Å². The summed E-state index contributed by atoms with van der Waals surface area (Å²) in [4.78, 5) is 4.07. The molecule has 1 saturated heterocycles. The first-order valence-corrected chi connectivity index (χ1v) is 9.20. The maximum atomic E-state index is 12.5. The summed E-state index contributed by atoms with van der Waals surface area (Å²) >= 11 is 0. The topological polar surface area (TPSA) is 73.8 Å². The van der Waals surface area contributed by atoms with Crippen LogP contribution in [0.1, 0.15) is 39.0 Å². The van der Waals surface area contributed by atoms with E-state index >= 15 is 0 Å². The quantitative estimate of drug-likeness (QED) is 0.262. The molecule has 0 aliphatic carbocycles. The number of sulfonamides is 1. The number of aliphatic imine (C=N–C) groups is 1.